The monoisotopic (exact) mass is 639 g/mol. The smallest absolute Gasteiger partial charge is 0.256 e. The van der Waals surface area contributed by atoms with Crippen LogP contribution in [-0.4, -0.2) is 20.7 Å². The van der Waals surface area contributed by atoms with Crippen molar-refractivity contribution in [2.45, 2.75) is 23.5 Å². The van der Waals surface area contributed by atoms with Gasteiger partial charge in [0.1, 0.15) is 0 Å². The van der Waals surface area contributed by atoms with E-state index in [-0.39, 0.29) is 17.1 Å². The standard InChI is InChI=1S/C23H16BrCl3F3N3O2S/c24-19-7-6-17(11-18(19)23(28,29)30)36(34,35)31-12-16-10-22(13-1-3-14(25)4-2-13)33(32-16)21-8-5-15(26)9-20(21)27/h1-9,11,22,31H,10,12H2. The molecular formula is C23H16BrCl3F3N3O2S. The van der Waals surface area contributed by atoms with Gasteiger partial charge >= 0.3 is 6.18 Å². The van der Waals surface area contributed by atoms with Crippen LogP contribution in [0.3, 0.4) is 0 Å². The number of hydrogen-bond acceptors (Lipinski definition) is 4. The van der Waals surface area contributed by atoms with Gasteiger partial charge in [0, 0.05) is 20.9 Å². The summed E-state index contributed by atoms with van der Waals surface area (Å²) in [7, 11) is -4.26. The van der Waals surface area contributed by atoms with Crippen molar-refractivity contribution in [3.63, 3.8) is 0 Å². The van der Waals surface area contributed by atoms with Crippen molar-refractivity contribution in [1.82, 2.24) is 4.72 Å². The summed E-state index contributed by atoms with van der Waals surface area (Å²) in [6, 6.07) is 14.4. The van der Waals surface area contributed by atoms with Gasteiger partial charge in [0.05, 0.1) is 39.5 Å². The summed E-state index contributed by atoms with van der Waals surface area (Å²) in [5, 5.41) is 7.57. The molecule has 1 unspecified atom stereocenters. The molecule has 1 atom stereocenters. The van der Waals surface area contributed by atoms with Crippen LogP contribution in [0.15, 0.2) is 75.1 Å². The molecule has 4 rings (SSSR count). The van der Waals surface area contributed by atoms with E-state index in [2.05, 4.69) is 25.8 Å². The van der Waals surface area contributed by atoms with Gasteiger partial charge in [0.15, 0.2) is 0 Å². The summed E-state index contributed by atoms with van der Waals surface area (Å²) in [4.78, 5) is -0.511. The molecule has 3 aromatic carbocycles. The van der Waals surface area contributed by atoms with E-state index < -0.39 is 26.7 Å². The summed E-state index contributed by atoms with van der Waals surface area (Å²) >= 11 is 21.3. The predicted octanol–water partition coefficient (Wildman–Crippen LogP) is 7.71. The van der Waals surface area contributed by atoms with Crippen LogP contribution in [0.5, 0.6) is 0 Å². The third kappa shape index (κ3) is 6.00. The molecule has 3 aromatic rings. The van der Waals surface area contributed by atoms with Crippen molar-refractivity contribution in [2.75, 3.05) is 11.6 Å². The Morgan fingerprint density at radius 1 is 1.00 bits per heavy atom. The molecule has 0 fully saturated rings. The topological polar surface area (TPSA) is 61.8 Å². The van der Waals surface area contributed by atoms with Crippen LogP contribution in [0.25, 0.3) is 0 Å². The lowest BCUT2D eigenvalue weighted by atomic mass is 10.0. The fraction of sp³-hybridized carbons (Fsp3) is 0.174. The molecule has 1 aliphatic rings. The van der Waals surface area contributed by atoms with Gasteiger partial charge in [-0.1, -0.05) is 62.9 Å². The molecule has 13 heteroatoms. The SMILES string of the molecule is O=S(=O)(NCC1=NN(c2ccc(Cl)cc2Cl)C(c2ccc(Cl)cc2)C1)c1ccc(Br)c(C(F)(F)F)c1. The molecule has 1 heterocycles. The molecule has 0 spiro atoms. The lowest BCUT2D eigenvalue weighted by Crippen LogP contribution is -2.29. The third-order valence-electron chi connectivity index (χ3n) is 5.40. The Balaban J connectivity index is 1.61. The molecule has 0 aromatic heterocycles. The highest BCUT2D eigenvalue weighted by atomic mass is 79.9. The van der Waals surface area contributed by atoms with E-state index in [0.717, 1.165) is 17.7 Å². The van der Waals surface area contributed by atoms with Gasteiger partial charge in [-0.05, 0) is 54.1 Å². The first-order chi connectivity index (χ1) is 16.8. The van der Waals surface area contributed by atoms with Crippen LogP contribution in [-0.2, 0) is 16.2 Å². The number of nitrogens with zero attached hydrogens (tertiary/aromatic N) is 2. The second-order valence-electron chi connectivity index (χ2n) is 7.84. The van der Waals surface area contributed by atoms with E-state index in [9.17, 15) is 21.6 Å². The quantitative estimate of drug-likeness (QED) is 0.300. The van der Waals surface area contributed by atoms with E-state index in [1.807, 2.05) is 12.1 Å². The van der Waals surface area contributed by atoms with Crippen LogP contribution in [0.1, 0.15) is 23.6 Å². The molecular weight excluding hydrogens is 626 g/mol. The fourth-order valence-corrected chi connectivity index (χ4v) is 5.80. The van der Waals surface area contributed by atoms with Gasteiger partial charge in [-0.2, -0.15) is 18.3 Å². The zero-order valence-corrected chi connectivity index (χ0v) is 22.7. The van der Waals surface area contributed by atoms with E-state index >= 15 is 0 Å². The van der Waals surface area contributed by atoms with E-state index in [1.165, 1.54) is 0 Å². The molecule has 1 aliphatic heterocycles. The summed E-state index contributed by atoms with van der Waals surface area (Å²) in [6.07, 6.45) is -4.39. The molecule has 0 radical (unpaired) electrons. The number of alkyl halides is 3. The molecule has 0 aliphatic carbocycles. The van der Waals surface area contributed by atoms with Crippen molar-refractivity contribution in [3.8, 4) is 0 Å². The Morgan fingerprint density at radius 3 is 2.31 bits per heavy atom. The summed E-state index contributed by atoms with van der Waals surface area (Å²) in [6.45, 7) is -0.217. The second kappa shape index (κ2) is 10.5. The van der Waals surface area contributed by atoms with Crippen LogP contribution >= 0.6 is 50.7 Å². The number of halogens is 7. The highest BCUT2D eigenvalue weighted by molar-refractivity contribution is 9.10. The van der Waals surface area contributed by atoms with Crippen molar-refractivity contribution in [1.29, 1.82) is 0 Å². The zero-order chi connectivity index (χ0) is 26.3. The number of benzene rings is 3. The fourth-order valence-electron chi connectivity index (χ4n) is 3.66. The van der Waals surface area contributed by atoms with Crippen LogP contribution < -0.4 is 9.73 Å². The molecule has 0 saturated carbocycles. The summed E-state index contributed by atoms with van der Waals surface area (Å²) in [5.74, 6) is 0. The molecule has 0 bridgehead atoms. The first-order valence-electron chi connectivity index (χ1n) is 10.3. The second-order valence-corrected chi connectivity index (χ2v) is 11.7. The Bertz CT molecular complexity index is 1430. The Morgan fingerprint density at radius 2 is 1.67 bits per heavy atom. The number of anilines is 1. The van der Waals surface area contributed by atoms with Crippen molar-refractivity contribution >= 4 is 72.2 Å². The largest absolute Gasteiger partial charge is 0.417 e. The summed E-state index contributed by atoms with van der Waals surface area (Å²) < 4.78 is 67.4. The number of nitrogens with one attached hydrogen (secondary N) is 1. The molecule has 0 amide bonds. The van der Waals surface area contributed by atoms with Crippen LogP contribution in [0, 0.1) is 0 Å². The maximum Gasteiger partial charge on any atom is 0.417 e. The molecule has 36 heavy (non-hydrogen) atoms. The van der Waals surface area contributed by atoms with Gasteiger partial charge < -0.3 is 0 Å². The van der Waals surface area contributed by atoms with Gasteiger partial charge in [0.2, 0.25) is 10.0 Å². The lowest BCUT2D eigenvalue weighted by Gasteiger charge is -2.25. The number of sulfonamides is 1. The van der Waals surface area contributed by atoms with Gasteiger partial charge in [-0.3, -0.25) is 5.01 Å². The Hall–Kier alpha value is -1.82. The van der Waals surface area contributed by atoms with Gasteiger partial charge in [0.25, 0.3) is 0 Å². The zero-order valence-electron chi connectivity index (χ0n) is 18.0. The average Bonchev–Trinajstić information content (AvgIpc) is 3.21. The first-order valence-corrected chi connectivity index (χ1v) is 13.7. The third-order valence-corrected chi connectivity index (χ3v) is 8.28. The number of rotatable bonds is 6. The highest BCUT2D eigenvalue weighted by Crippen LogP contribution is 2.40. The first kappa shape index (κ1) is 27.2. The maximum absolute atomic E-state index is 13.2. The minimum Gasteiger partial charge on any atom is -0.256 e. The maximum atomic E-state index is 13.2. The summed E-state index contributed by atoms with van der Waals surface area (Å²) in [5.41, 5.74) is 0.781. The van der Waals surface area contributed by atoms with Crippen molar-refractivity contribution in [3.05, 3.63) is 91.3 Å². The molecule has 190 valence electrons. The minimum absolute atomic E-state index is 0.217. The Kier molecular flexibility index (Phi) is 7.95. The van der Waals surface area contributed by atoms with Gasteiger partial charge in [-0.15, -0.1) is 0 Å². The number of hydrogen-bond donors (Lipinski definition) is 1. The van der Waals surface area contributed by atoms with E-state index in [0.29, 0.717) is 39.0 Å². The van der Waals surface area contributed by atoms with Crippen molar-refractivity contribution in [2.24, 2.45) is 5.10 Å². The minimum atomic E-state index is -4.72. The normalized spacial score (nSPS) is 16.4. The van der Waals surface area contributed by atoms with E-state index in [4.69, 9.17) is 34.8 Å². The van der Waals surface area contributed by atoms with E-state index in [1.54, 1.807) is 35.3 Å². The highest BCUT2D eigenvalue weighted by Gasteiger charge is 2.35. The average molecular weight is 642 g/mol. The molecule has 5 nitrogen and oxygen atoms in total. The Labute approximate surface area is 229 Å². The molecule has 1 N–H and O–H groups in total. The number of hydrazone groups is 1. The lowest BCUT2D eigenvalue weighted by molar-refractivity contribution is -0.138. The van der Waals surface area contributed by atoms with Crippen LogP contribution in [0.2, 0.25) is 15.1 Å². The molecule has 0 saturated heterocycles. The predicted molar refractivity (Wildman–Crippen MR) is 140 cm³/mol. The van der Waals surface area contributed by atoms with Crippen molar-refractivity contribution < 1.29 is 21.6 Å². The van der Waals surface area contributed by atoms with Crippen LogP contribution in [0.4, 0.5) is 18.9 Å². The van der Waals surface area contributed by atoms with Gasteiger partial charge in [-0.25, -0.2) is 13.1 Å².